The van der Waals surface area contributed by atoms with Crippen LogP contribution < -0.4 is 0 Å². The van der Waals surface area contributed by atoms with E-state index in [1.165, 1.54) is 11.1 Å². The van der Waals surface area contributed by atoms with Crippen LogP contribution in [0.1, 0.15) is 32.9 Å². The molecule has 1 aliphatic rings. The van der Waals surface area contributed by atoms with Crippen LogP contribution in [0.4, 0.5) is 0 Å². The summed E-state index contributed by atoms with van der Waals surface area (Å²) in [5.41, 5.74) is 5.57. The molecule has 1 N–H and O–H groups in total. The molecule has 1 aromatic heterocycles. The van der Waals surface area contributed by atoms with Gasteiger partial charge in [0.15, 0.2) is 5.78 Å². The maximum atomic E-state index is 12.5. The van der Waals surface area contributed by atoms with Crippen molar-refractivity contribution < 1.29 is 4.79 Å². The number of nitrogens with zero attached hydrogens (tertiary/aromatic N) is 2. The molecule has 3 rings (SSSR count). The maximum absolute atomic E-state index is 12.5. The van der Waals surface area contributed by atoms with Gasteiger partial charge in [0.2, 0.25) is 0 Å². The number of benzene rings is 1. The minimum absolute atomic E-state index is 0.226. The van der Waals surface area contributed by atoms with Gasteiger partial charge in [-0.3, -0.25) is 14.6 Å². The monoisotopic (exact) mass is 325 g/mol. The average Bonchev–Trinajstić information content (AvgIpc) is 2.88. The predicted octanol–water partition coefficient (Wildman–Crippen LogP) is 2.94. The van der Waals surface area contributed by atoms with Crippen molar-refractivity contribution in [3.05, 3.63) is 58.4 Å². The number of rotatable bonds is 5. The first-order chi connectivity index (χ1) is 11.5. The second kappa shape index (κ2) is 7.32. The molecule has 1 fully saturated rings. The first-order valence-corrected chi connectivity index (χ1v) is 8.71. The van der Waals surface area contributed by atoms with Gasteiger partial charge in [0.25, 0.3) is 0 Å². The highest BCUT2D eigenvalue weighted by atomic mass is 16.1. The fraction of sp³-hybridized carbons (Fsp3) is 0.450. The summed E-state index contributed by atoms with van der Waals surface area (Å²) in [4.78, 5) is 20.4. The number of piperazine rings is 1. The number of carbonyl (C=O) groups is 1. The number of aryl methyl sites for hydroxylation is 3. The summed E-state index contributed by atoms with van der Waals surface area (Å²) < 4.78 is 0. The van der Waals surface area contributed by atoms with Crippen LogP contribution in [0.5, 0.6) is 0 Å². The van der Waals surface area contributed by atoms with Crippen molar-refractivity contribution in [3.63, 3.8) is 0 Å². The molecule has 0 bridgehead atoms. The number of ketones is 1. The molecule has 2 heterocycles. The highest BCUT2D eigenvalue weighted by Crippen LogP contribution is 2.13. The second-order valence-electron chi connectivity index (χ2n) is 6.96. The van der Waals surface area contributed by atoms with Crippen LogP contribution in [0.15, 0.2) is 30.3 Å². The first-order valence-electron chi connectivity index (χ1n) is 8.71. The van der Waals surface area contributed by atoms with Gasteiger partial charge in [-0.15, -0.1) is 0 Å². The number of aromatic nitrogens is 1. The van der Waals surface area contributed by atoms with Gasteiger partial charge in [0.05, 0.1) is 6.54 Å². The molecular formula is C20H27N3O. The normalized spacial score (nSPS) is 16.5. The van der Waals surface area contributed by atoms with E-state index in [1.807, 2.05) is 19.9 Å². The first kappa shape index (κ1) is 16.9. The predicted molar refractivity (Wildman–Crippen MR) is 97.5 cm³/mol. The van der Waals surface area contributed by atoms with Crippen molar-refractivity contribution in [2.75, 3.05) is 32.7 Å². The number of hydrogen-bond acceptors (Lipinski definition) is 3. The zero-order valence-corrected chi connectivity index (χ0v) is 14.9. The van der Waals surface area contributed by atoms with E-state index in [2.05, 4.69) is 46.0 Å². The van der Waals surface area contributed by atoms with E-state index >= 15 is 0 Å². The Morgan fingerprint density at radius 1 is 1.04 bits per heavy atom. The van der Waals surface area contributed by atoms with Crippen molar-refractivity contribution >= 4 is 5.78 Å². The van der Waals surface area contributed by atoms with Crippen molar-refractivity contribution in [2.24, 2.45) is 0 Å². The minimum atomic E-state index is 0.226. The van der Waals surface area contributed by atoms with Gasteiger partial charge in [0.1, 0.15) is 0 Å². The fourth-order valence-electron chi connectivity index (χ4n) is 3.48. The lowest BCUT2D eigenvalue weighted by Crippen LogP contribution is -2.47. The molecule has 0 saturated carbocycles. The Hall–Kier alpha value is -1.91. The summed E-state index contributed by atoms with van der Waals surface area (Å²) in [6.45, 7) is 11.6. The van der Waals surface area contributed by atoms with Crippen molar-refractivity contribution in [1.82, 2.24) is 14.8 Å². The number of hydrogen-bond donors (Lipinski definition) is 1. The minimum Gasteiger partial charge on any atom is -0.362 e. The maximum Gasteiger partial charge on any atom is 0.178 e. The van der Waals surface area contributed by atoms with Crippen molar-refractivity contribution in [2.45, 2.75) is 27.3 Å². The standard InChI is InChI=1S/C20H27N3O/c1-15-5-4-6-18(11-15)13-22-7-9-23(10-8-22)14-20(24)19-12-16(2)21-17(19)3/h4-6,11-12,21H,7-10,13-14H2,1-3H3. The van der Waals surface area contributed by atoms with Gasteiger partial charge < -0.3 is 4.98 Å². The van der Waals surface area contributed by atoms with Crippen LogP contribution in [0.25, 0.3) is 0 Å². The molecule has 4 nitrogen and oxygen atoms in total. The van der Waals surface area contributed by atoms with Crippen molar-refractivity contribution in [1.29, 1.82) is 0 Å². The van der Waals surface area contributed by atoms with E-state index in [-0.39, 0.29) is 5.78 Å². The highest BCUT2D eigenvalue weighted by molar-refractivity contribution is 5.98. The molecule has 0 spiro atoms. The summed E-state index contributed by atoms with van der Waals surface area (Å²) in [6.07, 6.45) is 0. The smallest absolute Gasteiger partial charge is 0.178 e. The molecule has 0 atom stereocenters. The van der Waals surface area contributed by atoms with Crippen LogP contribution in [0.2, 0.25) is 0 Å². The third-order valence-corrected chi connectivity index (χ3v) is 4.77. The Balaban J connectivity index is 1.50. The van der Waals surface area contributed by atoms with Crippen LogP contribution in [-0.2, 0) is 6.54 Å². The number of carbonyl (C=O) groups excluding carboxylic acids is 1. The van der Waals surface area contributed by atoms with E-state index in [0.717, 1.165) is 49.7 Å². The average molecular weight is 325 g/mol. The van der Waals surface area contributed by atoms with E-state index in [9.17, 15) is 4.79 Å². The third-order valence-electron chi connectivity index (χ3n) is 4.77. The number of H-pyrrole nitrogens is 1. The summed E-state index contributed by atoms with van der Waals surface area (Å²) in [5.74, 6) is 0.226. The Labute approximate surface area is 144 Å². The summed E-state index contributed by atoms with van der Waals surface area (Å²) in [7, 11) is 0. The topological polar surface area (TPSA) is 39.3 Å². The number of aromatic amines is 1. The van der Waals surface area contributed by atoms with E-state index in [4.69, 9.17) is 0 Å². The summed E-state index contributed by atoms with van der Waals surface area (Å²) in [6, 6.07) is 10.7. The molecule has 0 unspecified atom stereocenters. The van der Waals surface area contributed by atoms with Gasteiger partial charge in [0, 0.05) is 49.7 Å². The highest BCUT2D eigenvalue weighted by Gasteiger charge is 2.21. The zero-order valence-electron chi connectivity index (χ0n) is 14.9. The van der Waals surface area contributed by atoms with Gasteiger partial charge in [-0.1, -0.05) is 29.8 Å². The zero-order chi connectivity index (χ0) is 17.1. The summed E-state index contributed by atoms with van der Waals surface area (Å²) >= 11 is 0. The van der Waals surface area contributed by atoms with Crippen molar-refractivity contribution in [3.8, 4) is 0 Å². The third kappa shape index (κ3) is 4.13. The molecule has 1 aliphatic heterocycles. The quantitative estimate of drug-likeness (QED) is 0.859. The molecule has 0 aliphatic carbocycles. The van der Waals surface area contributed by atoms with Crippen LogP contribution in [0, 0.1) is 20.8 Å². The van der Waals surface area contributed by atoms with Gasteiger partial charge >= 0.3 is 0 Å². The van der Waals surface area contributed by atoms with Crippen LogP contribution in [0.3, 0.4) is 0 Å². The Morgan fingerprint density at radius 2 is 1.75 bits per heavy atom. The second-order valence-corrected chi connectivity index (χ2v) is 6.96. The molecule has 24 heavy (non-hydrogen) atoms. The molecule has 1 aromatic carbocycles. The Bertz CT molecular complexity index is 711. The van der Waals surface area contributed by atoms with E-state index in [1.54, 1.807) is 0 Å². The lowest BCUT2D eigenvalue weighted by molar-refractivity contribution is 0.0843. The van der Waals surface area contributed by atoms with Gasteiger partial charge in [-0.05, 0) is 32.4 Å². The van der Waals surface area contributed by atoms with Gasteiger partial charge in [-0.25, -0.2) is 0 Å². The fourth-order valence-corrected chi connectivity index (χ4v) is 3.48. The molecule has 1 saturated heterocycles. The largest absolute Gasteiger partial charge is 0.362 e. The molecule has 128 valence electrons. The van der Waals surface area contributed by atoms with E-state index in [0.29, 0.717) is 6.54 Å². The lowest BCUT2D eigenvalue weighted by atomic mass is 10.1. The van der Waals surface area contributed by atoms with Crippen LogP contribution in [-0.4, -0.2) is 53.3 Å². The van der Waals surface area contributed by atoms with Crippen LogP contribution >= 0.6 is 0 Å². The number of nitrogens with one attached hydrogen (secondary N) is 1. The van der Waals surface area contributed by atoms with Gasteiger partial charge in [-0.2, -0.15) is 0 Å². The Kier molecular flexibility index (Phi) is 5.17. The molecular weight excluding hydrogens is 298 g/mol. The van der Waals surface area contributed by atoms with E-state index < -0.39 is 0 Å². The molecule has 4 heteroatoms. The molecule has 2 aromatic rings. The number of Topliss-reactive ketones (excluding diaryl/α,β-unsaturated/α-hetero) is 1. The Morgan fingerprint density at radius 3 is 2.38 bits per heavy atom. The summed E-state index contributed by atoms with van der Waals surface area (Å²) in [5, 5.41) is 0. The lowest BCUT2D eigenvalue weighted by Gasteiger charge is -2.34. The SMILES string of the molecule is Cc1cccc(CN2CCN(CC(=O)c3cc(C)[nH]c3C)CC2)c1. The molecule has 0 radical (unpaired) electrons. The molecule has 0 amide bonds.